The van der Waals surface area contributed by atoms with Crippen LogP contribution in [0.3, 0.4) is 0 Å². The maximum Gasteiger partial charge on any atom is 0.433 e. The van der Waals surface area contributed by atoms with Crippen LogP contribution >= 0.6 is 12.6 Å². The Morgan fingerprint density at radius 2 is 1.95 bits per heavy atom. The Balaban J connectivity index is 2.12. The van der Waals surface area contributed by atoms with Crippen LogP contribution in [0.2, 0.25) is 0 Å². The van der Waals surface area contributed by atoms with E-state index in [1.54, 1.807) is 24.3 Å². The standard InChI is InChI=1S/C13H9F3N2OS/c14-13(15,16)11-5-4-9(7-17-11)18-12(19)8-2-1-3-10(20)6-8/h1-7,20H,(H,18,19). The molecule has 3 nitrogen and oxygen atoms in total. The van der Waals surface area contributed by atoms with E-state index >= 15 is 0 Å². The summed E-state index contributed by atoms with van der Waals surface area (Å²) in [7, 11) is 0. The minimum atomic E-state index is -4.50. The zero-order valence-corrected chi connectivity index (χ0v) is 10.9. The maximum atomic E-state index is 12.3. The van der Waals surface area contributed by atoms with E-state index in [9.17, 15) is 18.0 Å². The number of pyridine rings is 1. The molecule has 0 aliphatic carbocycles. The number of thiol groups is 1. The van der Waals surface area contributed by atoms with Crippen molar-refractivity contribution in [2.45, 2.75) is 11.1 Å². The van der Waals surface area contributed by atoms with Crippen LogP contribution in [0.4, 0.5) is 18.9 Å². The first kappa shape index (κ1) is 14.4. The van der Waals surface area contributed by atoms with Crippen molar-refractivity contribution in [1.82, 2.24) is 4.98 Å². The van der Waals surface area contributed by atoms with Gasteiger partial charge in [-0.3, -0.25) is 4.79 Å². The SMILES string of the molecule is O=C(Nc1ccc(C(F)(F)F)nc1)c1cccc(S)c1. The Hall–Kier alpha value is -2.02. The van der Waals surface area contributed by atoms with Crippen LogP contribution in [0.15, 0.2) is 47.5 Å². The van der Waals surface area contributed by atoms with E-state index < -0.39 is 17.8 Å². The number of anilines is 1. The number of rotatable bonds is 2. The summed E-state index contributed by atoms with van der Waals surface area (Å²) < 4.78 is 37.0. The van der Waals surface area contributed by atoms with Crippen LogP contribution in [0.5, 0.6) is 0 Å². The van der Waals surface area contributed by atoms with Crippen molar-refractivity contribution in [2.75, 3.05) is 5.32 Å². The van der Waals surface area contributed by atoms with E-state index in [0.717, 1.165) is 18.3 Å². The van der Waals surface area contributed by atoms with Gasteiger partial charge in [-0.2, -0.15) is 13.2 Å². The number of benzene rings is 1. The lowest BCUT2D eigenvalue weighted by Crippen LogP contribution is -2.13. The third-order valence-electron chi connectivity index (χ3n) is 2.42. The highest BCUT2D eigenvalue weighted by Crippen LogP contribution is 2.27. The van der Waals surface area contributed by atoms with Gasteiger partial charge < -0.3 is 5.32 Å². The molecular weight excluding hydrogens is 289 g/mol. The van der Waals surface area contributed by atoms with E-state index in [1.807, 2.05) is 0 Å². The van der Waals surface area contributed by atoms with Gasteiger partial charge in [0.15, 0.2) is 0 Å². The first-order valence-corrected chi connectivity index (χ1v) is 5.94. The van der Waals surface area contributed by atoms with Gasteiger partial charge in [-0.25, -0.2) is 4.98 Å². The molecule has 0 saturated heterocycles. The van der Waals surface area contributed by atoms with Crippen LogP contribution in [0, 0.1) is 0 Å². The van der Waals surface area contributed by atoms with Crippen molar-refractivity contribution in [1.29, 1.82) is 0 Å². The summed E-state index contributed by atoms with van der Waals surface area (Å²) in [5.41, 5.74) is -0.460. The van der Waals surface area contributed by atoms with E-state index in [4.69, 9.17) is 0 Å². The van der Waals surface area contributed by atoms with Crippen LogP contribution in [-0.2, 0) is 6.18 Å². The van der Waals surface area contributed by atoms with Gasteiger partial charge in [0.2, 0.25) is 0 Å². The molecule has 0 radical (unpaired) electrons. The number of alkyl halides is 3. The summed E-state index contributed by atoms with van der Waals surface area (Å²) in [5.74, 6) is -0.442. The van der Waals surface area contributed by atoms with Crippen molar-refractivity contribution in [3.05, 3.63) is 53.9 Å². The third-order valence-corrected chi connectivity index (χ3v) is 2.70. The number of carbonyl (C=O) groups excluding carboxylic acids is 1. The van der Waals surface area contributed by atoms with Gasteiger partial charge in [-0.05, 0) is 30.3 Å². The number of hydrogen-bond acceptors (Lipinski definition) is 3. The molecule has 1 aromatic carbocycles. The summed E-state index contributed by atoms with van der Waals surface area (Å²) >= 11 is 4.10. The second-order valence-electron chi connectivity index (χ2n) is 3.93. The number of aromatic nitrogens is 1. The molecule has 0 bridgehead atoms. The minimum Gasteiger partial charge on any atom is -0.321 e. The van der Waals surface area contributed by atoms with E-state index in [1.165, 1.54) is 0 Å². The number of nitrogens with zero attached hydrogens (tertiary/aromatic N) is 1. The van der Waals surface area contributed by atoms with Crippen molar-refractivity contribution in [3.63, 3.8) is 0 Å². The van der Waals surface area contributed by atoms with Crippen LogP contribution < -0.4 is 5.32 Å². The van der Waals surface area contributed by atoms with Gasteiger partial charge in [0.1, 0.15) is 5.69 Å². The number of nitrogens with one attached hydrogen (secondary N) is 1. The predicted octanol–water partition coefficient (Wildman–Crippen LogP) is 3.64. The normalized spacial score (nSPS) is 11.2. The van der Waals surface area contributed by atoms with Gasteiger partial charge in [-0.15, -0.1) is 12.6 Å². The van der Waals surface area contributed by atoms with Gasteiger partial charge in [0, 0.05) is 10.5 Å². The fourth-order valence-electron chi connectivity index (χ4n) is 1.49. The molecule has 0 saturated carbocycles. The maximum absolute atomic E-state index is 12.3. The highest BCUT2D eigenvalue weighted by atomic mass is 32.1. The van der Waals surface area contributed by atoms with Gasteiger partial charge >= 0.3 is 6.18 Å². The molecule has 1 N–H and O–H groups in total. The van der Waals surface area contributed by atoms with Crippen molar-refractivity contribution in [3.8, 4) is 0 Å². The van der Waals surface area contributed by atoms with Crippen molar-refractivity contribution in [2.24, 2.45) is 0 Å². The molecule has 1 aromatic heterocycles. The Bertz CT molecular complexity index is 626. The summed E-state index contributed by atoms with van der Waals surface area (Å²) in [6, 6.07) is 8.45. The van der Waals surface area contributed by atoms with Crippen LogP contribution in [0.1, 0.15) is 16.1 Å². The predicted molar refractivity (Wildman–Crippen MR) is 70.9 cm³/mol. The zero-order valence-electron chi connectivity index (χ0n) is 9.98. The summed E-state index contributed by atoms with van der Waals surface area (Å²) in [6.45, 7) is 0. The molecule has 1 amide bonds. The minimum absolute atomic E-state index is 0.188. The molecule has 0 unspecified atom stereocenters. The summed E-state index contributed by atoms with van der Waals surface area (Å²) in [4.78, 5) is 15.7. The highest BCUT2D eigenvalue weighted by molar-refractivity contribution is 7.80. The molecule has 0 aliphatic rings. The Labute approximate surface area is 118 Å². The number of amides is 1. The smallest absolute Gasteiger partial charge is 0.321 e. The quantitative estimate of drug-likeness (QED) is 0.831. The zero-order chi connectivity index (χ0) is 14.8. The van der Waals surface area contributed by atoms with Crippen molar-refractivity contribution >= 4 is 24.2 Å². The Morgan fingerprint density at radius 3 is 2.50 bits per heavy atom. The fourth-order valence-corrected chi connectivity index (χ4v) is 1.71. The first-order chi connectivity index (χ1) is 9.36. The summed E-state index contributed by atoms with van der Waals surface area (Å²) in [5, 5.41) is 2.46. The van der Waals surface area contributed by atoms with Crippen LogP contribution in [0.25, 0.3) is 0 Å². The largest absolute Gasteiger partial charge is 0.433 e. The molecule has 0 atom stereocenters. The third kappa shape index (κ3) is 3.51. The molecule has 2 rings (SSSR count). The first-order valence-electron chi connectivity index (χ1n) is 5.50. The van der Waals surface area contributed by atoms with Crippen LogP contribution in [-0.4, -0.2) is 10.9 Å². The fraction of sp³-hybridized carbons (Fsp3) is 0.0769. The van der Waals surface area contributed by atoms with E-state index in [2.05, 4.69) is 22.9 Å². The van der Waals surface area contributed by atoms with E-state index in [-0.39, 0.29) is 5.69 Å². The molecular formula is C13H9F3N2OS. The molecule has 0 fully saturated rings. The molecule has 1 heterocycles. The molecule has 7 heteroatoms. The molecule has 20 heavy (non-hydrogen) atoms. The lowest BCUT2D eigenvalue weighted by atomic mass is 10.2. The number of carbonyl (C=O) groups is 1. The van der Waals surface area contributed by atoms with Gasteiger partial charge in [0.05, 0.1) is 11.9 Å². The Kier molecular flexibility index (Phi) is 3.99. The topological polar surface area (TPSA) is 42.0 Å². The number of halogens is 3. The second-order valence-corrected chi connectivity index (χ2v) is 4.45. The molecule has 104 valence electrons. The Morgan fingerprint density at radius 1 is 1.20 bits per heavy atom. The van der Waals surface area contributed by atoms with E-state index in [0.29, 0.717) is 10.5 Å². The second kappa shape index (κ2) is 5.54. The average Bonchev–Trinajstić information content (AvgIpc) is 2.38. The highest BCUT2D eigenvalue weighted by Gasteiger charge is 2.32. The van der Waals surface area contributed by atoms with Crippen molar-refractivity contribution < 1.29 is 18.0 Å². The number of hydrogen-bond donors (Lipinski definition) is 2. The van der Waals surface area contributed by atoms with Gasteiger partial charge in [-0.1, -0.05) is 6.07 Å². The molecule has 0 aliphatic heterocycles. The average molecular weight is 298 g/mol. The monoisotopic (exact) mass is 298 g/mol. The lowest BCUT2D eigenvalue weighted by molar-refractivity contribution is -0.141. The van der Waals surface area contributed by atoms with Gasteiger partial charge in [0.25, 0.3) is 5.91 Å². The lowest BCUT2D eigenvalue weighted by Gasteiger charge is -2.08. The summed E-state index contributed by atoms with van der Waals surface area (Å²) in [6.07, 6.45) is -3.53. The molecule has 0 spiro atoms. The molecule has 2 aromatic rings.